The van der Waals surface area contributed by atoms with E-state index in [0.29, 0.717) is 13.2 Å². The standard InChI is InChI=1S/C9H15BrO4/c1-2-13-8(11)4-5-9(12)14-7-3-6-10/h2-7H2,1H3. The highest BCUT2D eigenvalue weighted by molar-refractivity contribution is 9.09. The van der Waals surface area contributed by atoms with Crippen molar-refractivity contribution in [1.82, 2.24) is 0 Å². The SMILES string of the molecule is CCOC(=O)CCC(=O)OCCCBr. The number of alkyl halides is 1. The Morgan fingerprint density at radius 1 is 1.14 bits per heavy atom. The van der Waals surface area contributed by atoms with E-state index in [-0.39, 0.29) is 24.8 Å². The summed E-state index contributed by atoms with van der Waals surface area (Å²) in [5.74, 6) is -0.705. The molecule has 0 aliphatic heterocycles. The number of ether oxygens (including phenoxy) is 2. The zero-order chi connectivity index (χ0) is 10.8. The molecule has 0 spiro atoms. The van der Waals surface area contributed by atoms with Gasteiger partial charge in [-0.25, -0.2) is 0 Å². The average Bonchev–Trinajstić information content (AvgIpc) is 2.16. The highest BCUT2D eigenvalue weighted by Crippen LogP contribution is 1.97. The Kier molecular flexibility index (Phi) is 8.62. The summed E-state index contributed by atoms with van der Waals surface area (Å²) in [6, 6.07) is 0. The lowest BCUT2D eigenvalue weighted by Crippen LogP contribution is -2.10. The molecule has 4 nitrogen and oxygen atoms in total. The van der Waals surface area contributed by atoms with E-state index in [2.05, 4.69) is 20.7 Å². The van der Waals surface area contributed by atoms with Crippen LogP contribution in [0, 0.1) is 0 Å². The molecule has 0 rings (SSSR count). The first-order chi connectivity index (χ1) is 6.70. The largest absolute Gasteiger partial charge is 0.466 e. The lowest BCUT2D eigenvalue weighted by atomic mass is 10.3. The topological polar surface area (TPSA) is 52.6 Å². The summed E-state index contributed by atoms with van der Waals surface area (Å²) in [5, 5.41) is 0.804. The Balaban J connectivity index is 3.39. The van der Waals surface area contributed by atoms with Crippen LogP contribution in [0.25, 0.3) is 0 Å². The number of hydrogen-bond donors (Lipinski definition) is 0. The molecule has 0 unspecified atom stereocenters. The molecule has 0 aromatic rings. The van der Waals surface area contributed by atoms with Gasteiger partial charge >= 0.3 is 11.9 Å². The van der Waals surface area contributed by atoms with Gasteiger partial charge in [0.15, 0.2) is 0 Å². The second kappa shape index (κ2) is 8.99. The van der Waals surface area contributed by atoms with Crippen LogP contribution in [0.3, 0.4) is 0 Å². The summed E-state index contributed by atoms with van der Waals surface area (Å²) in [7, 11) is 0. The van der Waals surface area contributed by atoms with E-state index in [4.69, 9.17) is 4.74 Å². The lowest BCUT2D eigenvalue weighted by Gasteiger charge is -2.03. The third-order valence-electron chi connectivity index (χ3n) is 1.38. The first-order valence-corrected chi connectivity index (χ1v) is 5.70. The monoisotopic (exact) mass is 266 g/mol. The number of carbonyl (C=O) groups excluding carboxylic acids is 2. The zero-order valence-corrected chi connectivity index (χ0v) is 9.84. The summed E-state index contributed by atoms with van der Waals surface area (Å²) >= 11 is 3.22. The molecular formula is C9H15BrO4. The van der Waals surface area contributed by atoms with Crippen molar-refractivity contribution in [3.63, 3.8) is 0 Å². The van der Waals surface area contributed by atoms with Crippen LogP contribution in [0.2, 0.25) is 0 Å². The highest BCUT2D eigenvalue weighted by atomic mass is 79.9. The maximum absolute atomic E-state index is 11.0. The van der Waals surface area contributed by atoms with E-state index in [9.17, 15) is 9.59 Å². The van der Waals surface area contributed by atoms with E-state index in [1.807, 2.05) is 0 Å². The van der Waals surface area contributed by atoms with Crippen molar-refractivity contribution in [2.45, 2.75) is 26.2 Å². The Bertz CT molecular complexity index is 182. The molecule has 0 saturated heterocycles. The third-order valence-corrected chi connectivity index (χ3v) is 1.94. The van der Waals surface area contributed by atoms with Gasteiger partial charge in [0.2, 0.25) is 0 Å². The van der Waals surface area contributed by atoms with Gasteiger partial charge in [-0.1, -0.05) is 15.9 Å². The van der Waals surface area contributed by atoms with E-state index in [1.54, 1.807) is 6.92 Å². The minimum Gasteiger partial charge on any atom is -0.466 e. The van der Waals surface area contributed by atoms with Crippen molar-refractivity contribution in [3.8, 4) is 0 Å². The van der Waals surface area contributed by atoms with Gasteiger partial charge in [0, 0.05) is 5.33 Å². The number of rotatable bonds is 7. The van der Waals surface area contributed by atoms with Gasteiger partial charge in [-0.05, 0) is 13.3 Å². The predicted molar refractivity (Wildman–Crippen MR) is 55.2 cm³/mol. The van der Waals surface area contributed by atoms with Crippen LogP contribution >= 0.6 is 15.9 Å². The van der Waals surface area contributed by atoms with Crippen molar-refractivity contribution in [2.24, 2.45) is 0 Å². The maximum Gasteiger partial charge on any atom is 0.306 e. The van der Waals surface area contributed by atoms with Crippen LogP contribution in [0.15, 0.2) is 0 Å². The van der Waals surface area contributed by atoms with Crippen LogP contribution in [-0.4, -0.2) is 30.5 Å². The van der Waals surface area contributed by atoms with Gasteiger partial charge in [-0.3, -0.25) is 9.59 Å². The number of hydrogen-bond acceptors (Lipinski definition) is 4. The second-order valence-corrected chi connectivity index (χ2v) is 3.36. The number of halogens is 1. The normalized spacial score (nSPS) is 9.57. The first-order valence-electron chi connectivity index (χ1n) is 4.58. The van der Waals surface area contributed by atoms with Crippen molar-refractivity contribution in [1.29, 1.82) is 0 Å². The lowest BCUT2D eigenvalue weighted by molar-refractivity contribution is -0.150. The van der Waals surface area contributed by atoms with Crippen molar-refractivity contribution >= 4 is 27.9 Å². The van der Waals surface area contributed by atoms with E-state index >= 15 is 0 Å². The van der Waals surface area contributed by atoms with Crippen LogP contribution in [0.5, 0.6) is 0 Å². The van der Waals surface area contributed by atoms with Gasteiger partial charge in [-0.2, -0.15) is 0 Å². The van der Waals surface area contributed by atoms with E-state index < -0.39 is 0 Å². The Morgan fingerprint density at radius 2 is 1.71 bits per heavy atom. The minimum atomic E-state index is -0.357. The molecule has 0 aliphatic rings. The summed E-state index contributed by atoms with van der Waals surface area (Å²) in [6.07, 6.45) is 0.979. The van der Waals surface area contributed by atoms with Gasteiger partial charge in [0.05, 0.1) is 26.1 Å². The Morgan fingerprint density at radius 3 is 2.21 bits per heavy atom. The molecule has 0 N–H and O–H groups in total. The molecule has 0 aliphatic carbocycles. The fraction of sp³-hybridized carbons (Fsp3) is 0.778. The van der Waals surface area contributed by atoms with E-state index in [0.717, 1.165) is 11.8 Å². The summed E-state index contributed by atoms with van der Waals surface area (Å²) in [6.45, 7) is 2.47. The minimum absolute atomic E-state index is 0.0982. The fourth-order valence-corrected chi connectivity index (χ4v) is 0.979. The molecule has 0 heterocycles. The van der Waals surface area contributed by atoms with Crippen LogP contribution in [-0.2, 0) is 19.1 Å². The van der Waals surface area contributed by atoms with Gasteiger partial charge in [0.1, 0.15) is 0 Å². The van der Waals surface area contributed by atoms with Crippen molar-refractivity contribution < 1.29 is 19.1 Å². The molecule has 14 heavy (non-hydrogen) atoms. The molecule has 0 atom stereocenters. The molecule has 0 fully saturated rings. The molecule has 82 valence electrons. The Labute approximate surface area is 92.1 Å². The smallest absolute Gasteiger partial charge is 0.306 e. The quantitative estimate of drug-likeness (QED) is 0.400. The molecular weight excluding hydrogens is 252 g/mol. The van der Waals surface area contributed by atoms with Gasteiger partial charge < -0.3 is 9.47 Å². The van der Waals surface area contributed by atoms with Crippen LogP contribution < -0.4 is 0 Å². The van der Waals surface area contributed by atoms with Gasteiger partial charge in [0.25, 0.3) is 0 Å². The van der Waals surface area contributed by atoms with Gasteiger partial charge in [-0.15, -0.1) is 0 Å². The molecule has 0 aromatic heterocycles. The first kappa shape index (κ1) is 13.4. The van der Waals surface area contributed by atoms with Crippen molar-refractivity contribution in [3.05, 3.63) is 0 Å². The zero-order valence-electron chi connectivity index (χ0n) is 8.25. The molecule has 0 saturated carbocycles. The van der Waals surface area contributed by atoms with Crippen LogP contribution in [0.1, 0.15) is 26.2 Å². The summed E-state index contributed by atoms with van der Waals surface area (Å²) in [4.78, 5) is 21.8. The highest BCUT2D eigenvalue weighted by Gasteiger charge is 2.07. The molecule has 0 aromatic carbocycles. The number of carbonyl (C=O) groups is 2. The third kappa shape index (κ3) is 8.04. The Hall–Kier alpha value is -0.580. The molecule has 0 bridgehead atoms. The molecule has 5 heteroatoms. The maximum atomic E-state index is 11.0. The van der Waals surface area contributed by atoms with Crippen molar-refractivity contribution in [2.75, 3.05) is 18.5 Å². The predicted octanol–water partition coefficient (Wildman–Crippen LogP) is 1.66. The van der Waals surface area contributed by atoms with E-state index in [1.165, 1.54) is 0 Å². The average molecular weight is 267 g/mol. The van der Waals surface area contributed by atoms with Crippen LogP contribution in [0.4, 0.5) is 0 Å². The fourth-order valence-electron chi connectivity index (χ4n) is 0.750. The summed E-state index contributed by atoms with van der Waals surface area (Å²) < 4.78 is 9.50. The summed E-state index contributed by atoms with van der Waals surface area (Å²) in [5.41, 5.74) is 0. The molecule has 0 radical (unpaired) electrons. The molecule has 0 amide bonds. The number of esters is 2. The second-order valence-electron chi connectivity index (χ2n) is 2.57.